The Kier molecular flexibility index (Phi) is 5.14. The molecule has 0 bridgehead atoms. The molecule has 20 heavy (non-hydrogen) atoms. The van der Waals surface area contributed by atoms with Crippen LogP contribution in [0.4, 0.5) is 10.1 Å². The number of methoxy groups -OCH3 is 1. The number of anilines is 1. The predicted octanol–water partition coefficient (Wildman–Crippen LogP) is 2.21. The second kappa shape index (κ2) is 6.60. The van der Waals surface area contributed by atoms with Gasteiger partial charge in [0.1, 0.15) is 11.5 Å². The molecular weight excluding hydrogens is 263 g/mol. The number of ether oxygens (including phenoxy) is 1. The summed E-state index contributed by atoms with van der Waals surface area (Å²) in [5.41, 5.74) is 0.231. The van der Waals surface area contributed by atoms with E-state index in [0.29, 0.717) is 0 Å². The van der Waals surface area contributed by atoms with Gasteiger partial charge < -0.3 is 10.1 Å². The van der Waals surface area contributed by atoms with Gasteiger partial charge >= 0.3 is 0 Å². The molecule has 5 nitrogen and oxygen atoms in total. The van der Waals surface area contributed by atoms with Crippen LogP contribution in [0, 0.1) is 18.2 Å². The van der Waals surface area contributed by atoms with Crippen molar-refractivity contribution >= 4 is 23.0 Å². The molecule has 0 amide bonds. The first-order valence-corrected chi connectivity index (χ1v) is 5.77. The van der Waals surface area contributed by atoms with E-state index < -0.39 is 23.1 Å². The van der Waals surface area contributed by atoms with E-state index in [4.69, 9.17) is 10.1 Å². The highest BCUT2D eigenvalue weighted by molar-refractivity contribution is 6.67. The zero-order chi connectivity index (χ0) is 15.3. The van der Waals surface area contributed by atoms with E-state index in [9.17, 15) is 14.0 Å². The van der Waals surface area contributed by atoms with Crippen molar-refractivity contribution in [1.82, 2.24) is 0 Å². The number of halogens is 1. The molecule has 0 saturated carbocycles. The van der Waals surface area contributed by atoms with Gasteiger partial charge in [0, 0.05) is 13.1 Å². The van der Waals surface area contributed by atoms with Crippen LogP contribution < -0.4 is 5.32 Å². The Bertz CT molecular complexity index is 594. The molecule has 0 aliphatic carbocycles. The molecule has 0 saturated heterocycles. The lowest BCUT2D eigenvalue weighted by molar-refractivity contribution is -0.115. The fourth-order valence-electron chi connectivity index (χ4n) is 1.38. The number of benzene rings is 1. The second-order valence-corrected chi connectivity index (χ2v) is 4.10. The van der Waals surface area contributed by atoms with E-state index in [0.717, 1.165) is 18.7 Å². The molecule has 1 aromatic carbocycles. The van der Waals surface area contributed by atoms with Gasteiger partial charge in [-0.1, -0.05) is 6.07 Å². The van der Waals surface area contributed by atoms with Crippen LogP contribution in [0.3, 0.4) is 0 Å². The van der Waals surface area contributed by atoms with E-state index >= 15 is 0 Å². The number of allylic oxidation sites excluding steroid dienone is 1. The van der Waals surface area contributed by atoms with Gasteiger partial charge in [0.05, 0.1) is 12.8 Å². The Labute approximate surface area is 115 Å². The summed E-state index contributed by atoms with van der Waals surface area (Å²) >= 11 is 0. The summed E-state index contributed by atoms with van der Waals surface area (Å²) in [4.78, 5) is 22.7. The Morgan fingerprint density at radius 3 is 2.55 bits per heavy atom. The summed E-state index contributed by atoms with van der Waals surface area (Å²) in [6, 6.07) is 4.54. The Morgan fingerprint density at radius 2 is 2.05 bits per heavy atom. The normalized spacial score (nSPS) is 10.9. The number of hydrogen-bond donors (Lipinski definition) is 2. The van der Waals surface area contributed by atoms with E-state index in [1.807, 2.05) is 0 Å². The molecule has 1 rings (SSSR count). The summed E-state index contributed by atoms with van der Waals surface area (Å²) in [6.07, 6.45) is 1.12. The Hall–Kier alpha value is -2.50. The van der Waals surface area contributed by atoms with Crippen LogP contribution in [0.2, 0.25) is 0 Å². The van der Waals surface area contributed by atoms with Crippen molar-refractivity contribution in [3.63, 3.8) is 0 Å². The van der Waals surface area contributed by atoms with Crippen LogP contribution in [-0.4, -0.2) is 24.4 Å². The molecule has 0 aliphatic heterocycles. The van der Waals surface area contributed by atoms with Crippen LogP contribution in [0.1, 0.15) is 12.5 Å². The lowest BCUT2D eigenvalue weighted by Gasteiger charge is -2.07. The zero-order valence-corrected chi connectivity index (χ0v) is 11.4. The van der Waals surface area contributed by atoms with Gasteiger partial charge in [-0.15, -0.1) is 0 Å². The van der Waals surface area contributed by atoms with Crippen molar-refractivity contribution in [2.75, 3.05) is 12.4 Å². The molecule has 1 aromatic rings. The summed E-state index contributed by atoms with van der Waals surface area (Å²) in [5, 5.41) is 9.89. The minimum absolute atomic E-state index is 0.160. The van der Waals surface area contributed by atoms with Crippen LogP contribution in [0.5, 0.6) is 0 Å². The summed E-state index contributed by atoms with van der Waals surface area (Å²) in [5.74, 6) is -2.25. The number of nitrogens with one attached hydrogen (secondary N) is 2. The van der Waals surface area contributed by atoms with Crippen LogP contribution in [0.25, 0.3) is 0 Å². The van der Waals surface area contributed by atoms with Crippen LogP contribution >= 0.6 is 0 Å². The molecule has 0 spiro atoms. The highest BCUT2D eigenvalue weighted by atomic mass is 19.1. The minimum Gasteiger partial charge on any atom is -0.491 e. The number of carbonyl (C=O) groups is 2. The molecule has 2 N–H and O–H groups in total. The SMILES string of the molecule is COC(=CNc1ccc(C)cc1F)C(=O)C(=N)C(C)=O. The smallest absolute Gasteiger partial charge is 0.250 e. The molecule has 0 unspecified atom stereocenters. The first-order chi connectivity index (χ1) is 9.36. The third-order valence-corrected chi connectivity index (χ3v) is 2.51. The maximum Gasteiger partial charge on any atom is 0.250 e. The average molecular weight is 278 g/mol. The van der Waals surface area contributed by atoms with Crippen LogP contribution in [-0.2, 0) is 14.3 Å². The summed E-state index contributed by atoms with van der Waals surface area (Å²) < 4.78 is 18.4. The van der Waals surface area contributed by atoms with Crippen molar-refractivity contribution < 1.29 is 18.7 Å². The molecule has 0 fully saturated rings. The number of aryl methyl sites for hydroxylation is 1. The molecule has 106 valence electrons. The average Bonchev–Trinajstić information content (AvgIpc) is 2.40. The number of rotatable bonds is 6. The van der Waals surface area contributed by atoms with Crippen molar-refractivity contribution in [2.24, 2.45) is 0 Å². The zero-order valence-electron chi connectivity index (χ0n) is 11.4. The van der Waals surface area contributed by atoms with E-state index in [-0.39, 0.29) is 11.4 Å². The van der Waals surface area contributed by atoms with Crippen LogP contribution in [0.15, 0.2) is 30.2 Å². The van der Waals surface area contributed by atoms with Gasteiger partial charge in [0.25, 0.3) is 0 Å². The molecule has 0 heterocycles. The van der Waals surface area contributed by atoms with Crippen molar-refractivity contribution in [3.8, 4) is 0 Å². The standard InChI is InChI=1S/C14H15FN2O3/c1-8-4-5-11(10(15)6-8)17-7-12(20-3)14(19)13(16)9(2)18/h4-7,16-17H,1-3H3. The molecule has 0 aliphatic rings. The van der Waals surface area contributed by atoms with Gasteiger partial charge in [0.2, 0.25) is 5.78 Å². The van der Waals surface area contributed by atoms with Crippen molar-refractivity contribution in [1.29, 1.82) is 5.41 Å². The quantitative estimate of drug-likeness (QED) is 0.362. The predicted molar refractivity (Wildman–Crippen MR) is 73.3 cm³/mol. The topological polar surface area (TPSA) is 79.2 Å². The van der Waals surface area contributed by atoms with Gasteiger partial charge in [-0.05, 0) is 24.6 Å². The Morgan fingerprint density at radius 1 is 1.40 bits per heavy atom. The fourth-order valence-corrected chi connectivity index (χ4v) is 1.38. The maximum absolute atomic E-state index is 13.6. The van der Waals surface area contributed by atoms with Crippen molar-refractivity contribution in [2.45, 2.75) is 13.8 Å². The lowest BCUT2D eigenvalue weighted by atomic mass is 10.1. The largest absolute Gasteiger partial charge is 0.491 e. The lowest BCUT2D eigenvalue weighted by Crippen LogP contribution is -2.23. The maximum atomic E-state index is 13.6. The molecule has 6 heteroatoms. The Balaban J connectivity index is 2.93. The first kappa shape index (κ1) is 15.6. The highest BCUT2D eigenvalue weighted by Crippen LogP contribution is 2.15. The summed E-state index contributed by atoms with van der Waals surface area (Å²) in [6.45, 7) is 2.86. The first-order valence-electron chi connectivity index (χ1n) is 5.77. The molecule has 0 aromatic heterocycles. The molecule has 0 radical (unpaired) electrons. The number of hydrogen-bond acceptors (Lipinski definition) is 5. The van der Waals surface area contributed by atoms with Gasteiger partial charge in [-0.3, -0.25) is 15.0 Å². The van der Waals surface area contributed by atoms with E-state index in [1.54, 1.807) is 13.0 Å². The highest BCUT2D eigenvalue weighted by Gasteiger charge is 2.19. The van der Waals surface area contributed by atoms with Gasteiger partial charge in [0.15, 0.2) is 11.5 Å². The minimum atomic E-state index is -0.861. The number of Topliss-reactive ketones (excluding diaryl/α,β-unsaturated/α-hetero) is 2. The van der Waals surface area contributed by atoms with Crippen molar-refractivity contribution in [3.05, 3.63) is 41.5 Å². The molecule has 0 atom stereocenters. The second-order valence-electron chi connectivity index (χ2n) is 4.10. The number of carbonyl (C=O) groups excluding carboxylic acids is 2. The number of ketones is 2. The van der Waals surface area contributed by atoms with Gasteiger partial charge in [-0.25, -0.2) is 4.39 Å². The third-order valence-electron chi connectivity index (χ3n) is 2.51. The fraction of sp³-hybridized carbons (Fsp3) is 0.214. The molecular formula is C14H15FN2O3. The van der Waals surface area contributed by atoms with E-state index in [1.165, 1.54) is 19.2 Å². The monoisotopic (exact) mass is 278 g/mol. The van der Waals surface area contributed by atoms with Gasteiger partial charge in [-0.2, -0.15) is 0 Å². The summed E-state index contributed by atoms with van der Waals surface area (Å²) in [7, 11) is 1.23. The third kappa shape index (κ3) is 3.74. The van der Waals surface area contributed by atoms with E-state index in [2.05, 4.69) is 5.32 Å².